The fraction of sp³-hybridized carbons (Fsp3) is 0.0714. The number of pyridine rings is 1. The average Bonchev–Trinajstić information content (AvgIpc) is 3.01. The van der Waals surface area contributed by atoms with Crippen molar-refractivity contribution in [1.29, 1.82) is 0 Å². The van der Waals surface area contributed by atoms with E-state index in [4.69, 9.17) is 0 Å². The molecule has 3 aromatic rings. The lowest BCUT2D eigenvalue weighted by Gasteiger charge is -2.03. The van der Waals surface area contributed by atoms with Gasteiger partial charge in [0.05, 0.1) is 0 Å². The Bertz CT molecular complexity index is 634. The van der Waals surface area contributed by atoms with Crippen molar-refractivity contribution >= 4 is 0 Å². The molecule has 0 fully saturated rings. The molecule has 19 heavy (non-hydrogen) atoms. The molecule has 3 rings (SSSR count). The van der Waals surface area contributed by atoms with Crippen molar-refractivity contribution in [3.63, 3.8) is 0 Å². The molecule has 0 atom stereocenters. The van der Waals surface area contributed by atoms with Crippen LogP contribution in [0, 0.1) is 6.42 Å². The summed E-state index contributed by atoms with van der Waals surface area (Å²) in [4.78, 5) is 4.10. The number of nitrogens with zero attached hydrogens (tertiary/aromatic N) is 4. The molecular weight excluding hydrogens is 238 g/mol. The standard InChI is InChI=1S/C14H12N5/c1-3-11(6-7-12-4-2-8-15-10-12)9-13(5-1)14-16-18-19-17-14/h1-6,8-10H,7H2,(H,16,17,18,19). The zero-order valence-corrected chi connectivity index (χ0v) is 10.2. The van der Waals surface area contributed by atoms with Crippen molar-refractivity contribution in [1.82, 2.24) is 25.6 Å². The Labute approximate surface area is 110 Å². The molecule has 0 bridgehead atoms. The lowest BCUT2D eigenvalue weighted by Crippen LogP contribution is -1.90. The van der Waals surface area contributed by atoms with Gasteiger partial charge in [-0.15, -0.1) is 5.10 Å². The summed E-state index contributed by atoms with van der Waals surface area (Å²) in [5.74, 6) is 0.677. The Morgan fingerprint density at radius 2 is 2.16 bits per heavy atom. The van der Waals surface area contributed by atoms with Gasteiger partial charge >= 0.3 is 0 Å². The van der Waals surface area contributed by atoms with E-state index < -0.39 is 0 Å². The van der Waals surface area contributed by atoms with Crippen LogP contribution in [-0.2, 0) is 6.42 Å². The van der Waals surface area contributed by atoms with E-state index in [-0.39, 0.29) is 0 Å². The maximum Gasteiger partial charge on any atom is 0.179 e. The van der Waals surface area contributed by atoms with E-state index in [0.717, 1.165) is 17.5 Å². The normalized spacial score (nSPS) is 10.5. The van der Waals surface area contributed by atoms with Crippen LogP contribution in [-0.4, -0.2) is 25.6 Å². The molecule has 2 aromatic heterocycles. The van der Waals surface area contributed by atoms with Crippen molar-refractivity contribution in [2.24, 2.45) is 0 Å². The number of aromatic amines is 1. The quantitative estimate of drug-likeness (QED) is 0.769. The van der Waals surface area contributed by atoms with E-state index in [0.29, 0.717) is 5.82 Å². The van der Waals surface area contributed by atoms with Gasteiger partial charge in [0.25, 0.3) is 0 Å². The van der Waals surface area contributed by atoms with Crippen LogP contribution in [0.1, 0.15) is 11.1 Å². The van der Waals surface area contributed by atoms with Crippen LogP contribution in [0.2, 0.25) is 0 Å². The van der Waals surface area contributed by atoms with Crippen LogP contribution in [0.4, 0.5) is 0 Å². The Balaban J connectivity index is 1.74. The summed E-state index contributed by atoms with van der Waals surface area (Å²) in [5, 5.41) is 13.8. The van der Waals surface area contributed by atoms with Gasteiger partial charge in [-0.2, -0.15) is 0 Å². The monoisotopic (exact) mass is 250 g/mol. The first-order valence-corrected chi connectivity index (χ1v) is 5.98. The third-order valence-electron chi connectivity index (χ3n) is 2.80. The van der Waals surface area contributed by atoms with Crippen LogP contribution in [0.25, 0.3) is 11.4 Å². The van der Waals surface area contributed by atoms with Gasteiger partial charge in [-0.3, -0.25) is 4.98 Å². The molecule has 5 nitrogen and oxygen atoms in total. The molecule has 1 radical (unpaired) electrons. The van der Waals surface area contributed by atoms with E-state index in [1.54, 1.807) is 6.20 Å². The minimum absolute atomic E-state index is 0.677. The number of nitrogens with one attached hydrogen (secondary N) is 1. The summed E-state index contributed by atoms with van der Waals surface area (Å²) in [6, 6.07) is 12.1. The summed E-state index contributed by atoms with van der Waals surface area (Å²) in [6.07, 6.45) is 6.66. The fourth-order valence-electron chi connectivity index (χ4n) is 1.85. The highest BCUT2D eigenvalue weighted by Crippen LogP contribution is 2.17. The lowest BCUT2D eigenvalue weighted by molar-refractivity contribution is 0.881. The predicted molar refractivity (Wildman–Crippen MR) is 71.0 cm³/mol. The molecule has 0 saturated heterocycles. The molecule has 0 aliphatic carbocycles. The van der Waals surface area contributed by atoms with Gasteiger partial charge in [0.15, 0.2) is 5.82 Å². The number of H-pyrrole nitrogens is 1. The first-order chi connectivity index (χ1) is 9.42. The zero-order valence-electron chi connectivity index (χ0n) is 10.2. The summed E-state index contributed by atoms with van der Waals surface area (Å²) >= 11 is 0. The van der Waals surface area contributed by atoms with E-state index in [1.807, 2.05) is 24.4 Å². The smallest absolute Gasteiger partial charge is 0.179 e. The molecule has 0 spiro atoms. The van der Waals surface area contributed by atoms with Gasteiger partial charge in [0.2, 0.25) is 0 Å². The zero-order chi connectivity index (χ0) is 12.9. The van der Waals surface area contributed by atoms with Gasteiger partial charge in [0, 0.05) is 18.0 Å². The summed E-state index contributed by atoms with van der Waals surface area (Å²) in [5.41, 5.74) is 3.30. The molecule has 2 heterocycles. The second-order valence-electron chi connectivity index (χ2n) is 4.14. The van der Waals surface area contributed by atoms with Gasteiger partial charge in [-0.05, 0) is 46.5 Å². The second kappa shape index (κ2) is 5.39. The van der Waals surface area contributed by atoms with Crippen LogP contribution < -0.4 is 0 Å². The SMILES string of the molecule is [CH](Cc1cccnc1)c1cccc(-c2nnn[nH]2)c1. The number of benzene rings is 1. The highest BCUT2D eigenvalue weighted by Gasteiger charge is 2.03. The summed E-state index contributed by atoms with van der Waals surface area (Å²) < 4.78 is 0. The third-order valence-corrected chi connectivity index (χ3v) is 2.80. The molecule has 0 aliphatic heterocycles. The Hall–Kier alpha value is -2.56. The molecule has 0 aliphatic rings. The number of hydrogen-bond acceptors (Lipinski definition) is 4. The lowest BCUT2D eigenvalue weighted by atomic mass is 10.0. The van der Waals surface area contributed by atoms with E-state index >= 15 is 0 Å². The molecule has 0 amide bonds. The van der Waals surface area contributed by atoms with Crippen molar-refractivity contribution in [3.8, 4) is 11.4 Å². The minimum atomic E-state index is 0.677. The van der Waals surface area contributed by atoms with E-state index in [9.17, 15) is 0 Å². The van der Waals surface area contributed by atoms with Crippen molar-refractivity contribution < 1.29 is 0 Å². The second-order valence-corrected chi connectivity index (χ2v) is 4.14. The van der Waals surface area contributed by atoms with Crippen LogP contribution in [0.15, 0.2) is 48.8 Å². The van der Waals surface area contributed by atoms with Gasteiger partial charge in [-0.1, -0.05) is 24.3 Å². The number of aromatic nitrogens is 5. The van der Waals surface area contributed by atoms with Crippen molar-refractivity contribution in [2.45, 2.75) is 6.42 Å². The van der Waals surface area contributed by atoms with Crippen LogP contribution in [0.3, 0.4) is 0 Å². The average molecular weight is 250 g/mol. The summed E-state index contributed by atoms with van der Waals surface area (Å²) in [7, 11) is 0. The topological polar surface area (TPSA) is 67.3 Å². The van der Waals surface area contributed by atoms with Gasteiger partial charge < -0.3 is 0 Å². The maximum absolute atomic E-state index is 4.10. The highest BCUT2D eigenvalue weighted by molar-refractivity contribution is 5.55. The Kier molecular flexibility index (Phi) is 3.27. The molecule has 93 valence electrons. The largest absolute Gasteiger partial charge is 0.264 e. The van der Waals surface area contributed by atoms with Crippen LogP contribution in [0.5, 0.6) is 0 Å². The molecule has 5 heteroatoms. The Morgan fingerprint density at radius 1 is 1.16 bits per heavy atom. The van der Waals surface area contributed by atoms with Gasteiger partial charge in [0.1, 0.15) is 0 Å². The minimum Gasteiger partial charge on any atom is -0.264 e. The van der Waals surface area contributed by atoms with E-state index in [1.165, 1.54) is 5.56 Å². The highest BCUT2D eigenvalue weighted by atomic mass is 15.5. The molecular formula is C14H12N5. The van der Waals surface area contributed by atoms with Crippen LogP contribution >= 0.6 is 0 Å². The fourth-order valence-corrected chi connectivity index (χ4v) is 1.85. The number of rotatable bonds is 4. The molecule has 1 N–H and O–H groups in total. The molecule has 0 unspecified atom stereocenters. The number of hydrogen-bond donors (Lipinski definition) is 1. The molecule has 1 aromatic carbocycles. The Morgan fingerprint density at radius 3 is 2.95 bits per heavy atom. The van der Waals surface area contributed by atoms with E-state index in [2.05, 4.69) is 50.2 Å². The third kappa shape index (κ3) is 2.82. The van der Waals surface area contributed by atoms with Crippen molar-refractivity contribution in [2.75, 3.05) is 0 Å². The maximum atomic E-state index is 4.10. The predicted octanol–water partition coefficient (Wildman–Crippen LogP) is 2.06. The van der Waals surface area contributed by atoms with Crippen molar-refractivity contribution in [3.05, 3.63) is 66.3 Å². The first kappa shape index (κ1) is 11.5. The molecule has 0 saturated carbocycles. The number of tetrazole rings is 1. The van der Waals surface area contributed by atoms with Gasteiger partial charge in [-0.25, -0.2) is 5.10 Å². The first-order valence-electron chi connectivity index (χ1n) is 5.98. The summed E-state index contributed by atoms with van der Waals surface area (Å²) in [6.45, 7) is 0.